The van der Waals surface area contributed by atoms with Crippen molar-refractivity contribution >= 4 is 22.8 Å². The van der Waals surface area contributed by atoms with Gasteiger partial charge in [0.15, 0.2) is 11.6 Å². The van der Waals surface area contributed by atoms with E-state index in [1.165, 1.54) is 17.0 Å². The molecule has 46 heavy (non-hydrogen) atoms. The predicted octanol–water partition coefficient (Wildman–Crippen LogP) is 7.66. The Balaban J connectivity index is 1.65. The lowest BCUT2D eigenvalue weighted by molar-refractivity contribution is -0.386. The fraction of sp³-hybridized carbons (Fsp3) is 0.250. The van der Waals surface area contributed by atoms with Crippen molar-refractivity contribution in [2.75, 3.05) is 13.2 Å². The molecule has 236 valence electrons. The minimum absolute atomic E-state index is 0.0179. The van der Waals surface area contributed by atoms with Crippen LogP contribution in [0.5, 0.6) is 17.2 Å². The standard InChI is InChI=1S/C36H36N4O6/c1-6-44-32-17-24(5)29(20-28(32)23(3)4)35-38-30-16-12-11-15-27(30)36(41)39(35)37-21-26-18-31(40(42)43)34(33(19-26)45-7-2)46-22-25-13-9-8-10-14-25/h8-21,23H,6-7,22H2,1-5H3. The number of nitro groups is 1. The van der Waals surface area contributed by atoms with Crippen molar-refractivity contribution in [3.63, 3.8) is 0 Å². The lowest BCUT2D eigenvalue weighted by Gasteiger charge is -2.18. The summed E-state index contributed by atoms with van der Waals surface area (Å²) in [7, 11) is 0. The van der Waals surface area contributed by atoms with Gasteiger partial charge in [0.25, 0.3) is 5.56 Å². The molecule has 0 atom stereocenters. The van der Waals surface area contributed by atoms with E-state index in [0.717, 1.165) is 28.0 Å². The quantitative estimate of drug-likeness (QED) is 0.0798. The van der Waals surface area contributed by atoms with Gasteiger partial charge in [-0.15, -0.1) is 0 Å². The monoisotopic (exact) mass is 620 g/mol. The first-order valence-corrected chi connectivity index (χ1v) is 15.2. The Hall–Kier alpha value is -5.51. The zero-order valence-electron chi connectivity index (χ0n) is 26.5. The highest BCUT2D eigenvalue weighted by Crippen LogP contribution is 2.39. The number of rotatable bonds is 12. The number of para-hydroxylation sites is 1. The van der Waals surface area contributed by atoms with Gasteiger partial charge in [-0.05, 0) is 73.7 Å². The fourth-order valence-corrected chi connectivity index (χ4v) is 5.16. The summed E-state index contributed by atoms with van der Waals surface area (Å²) in [5.74, 6) is 1.48. The number of nitrogens with zero attached hydrogens (tertiary/aromatic N) is 4. The molecule has 0 spiro atoms. The minimum Gasteiger partial charge on any atom is -0.494 e. The molecule has 0 bridgehead atoms. The number of ether oxygens (including phenoxy) is 3. The maximum Gasteiger partial charge on any atom is 0.315 e. The highest BCUT2D eigenvalue weighted by Gasteiger charge is 2.23. The molecule has 0 saturated heterocycles. The largest absolute Gasteiger partial charge is 0.494 e. The molecule has 0 aliphatic heterocycles. The molecule has 1 heterocycles. The van der Waals surface area contributed by atoms with Crippen LogP contribution < -0.4 is 19.8 Å². The molecule has 1 aromatic heterocycles. The van der Waals surface area contributed by atoms with Gasteiger partial charge in [0.2, 0.25) is 5.75 Å². The number of hydrogen-bond donors (Lipinski definition) is 0. The maximum atomic E-state index is 13.9. The molecule has 0 aliphatic rings. The van der Waals surface area contributed by atoms with Crippen molar-refractivity contribution < 1.29 is 19.1 Å². The summed E-state index contributed by atoms with van der Waals surface area (Å²) in [5, 5.41) is 17.2. The molecular formula is C36H36N4O6. The summed E-state index contributed by atoms with van der Waals surface area (Å²) in [6.07, 6.45) is 1.39. The zero-order valence-corrected chi connectivity index (χ0v) is 26.5. The molecule has 4 aromatic carbocycles. The van der Waals surface area contributed by atoms with Crippen LogP contribution in [0, 0.1) is 17.0 Å². The zero-order chi connectivity index (χ0) is 32.8. The van der Waals surface area contributed by atoms with Crippen molar-refractivity contribution in [3.05, 3.63) is 122 Å². The van der Waals surface area contributed by atoms with Crippen LogP contribution in [0.2, 0.25) is 0 Å². The molecule has 10 nitrogen and oxygen atoms in total. The molecule has 0 radical (unpaired) electrons. The Bertz CT molecular complexity index is 1970. The number of aryl methyl sites for hydroxylation is 1. The van der Waals surface area contributed by atoms with Crippen LogP contribution in [-0.4, -0.2) is 34.0 Å². The smallest absolute Gasteiger partial charge is 0.315 e. The Morgan fingerprint density at radius 1 is 0.935 bits per heavy atom. The topological polar surface area (TPSA) is 118 Å². The Labute approximate surface area is 267 Å². The van der Waals surface area contributed by atoms with Crippen LogP contribution in [0.15, 0.2) is 88.8 Å². The van der Waals surface area contributed by atoms with E-state index in [0.29, 0.717) is 28.9 Å². The second-order valence-corrected chi connectivity index (χ2v) is 10.9. The molecular weight excluding hydrogens is 584 g/mol. The summed E-state index contributed by atoms with van der Waals surface area (Å²) >= 11 is 0. The van der Waals surface area contributed by atoms with Crippen molar-refractivity contribution in [2.45, 2.75) is 47.1 Å². The molecule has 5 aromatic rings. The Morgan fingerprint density at radius 3 is 2.33 bits per heavy atom. The molecule has 10 heteroatoms. The van der Waals surface area contributed by atoms with E-state index in [-0.39, 0.29) is 41.9 Å². The van der Waals surface area contributed by atoms with Gasteiger partial charge in [-0.3, -0.25) is 14.9 Å². The predicted molar refractivity (Wildman–Crippen MR) is 179 cm³/mol. The third-order valence-corrected chi connectivity index (χ3v) is 7.38. The average molecular weight is 621 g/mol. The van der Waals surface area contributed by atoms with Crippen LogP contribution in [0.1, 0.15) is 55.9 Å². The molecule has 0 saturated carbocycles. The van der Waals surface area contributed by atoms with Crippen molar-refractivity contribution in [2.24, 2.45) is 5.10 Å². The first kappa shape index (κ1) is 31.9. The van der Waals surface area contributed by atoms with Gasteiger partial charge in [0.05, 0.1) is 35.3 Å². The normalized spacial score (nSPS) is 11.3. The minimum atomic E-state index is -0.522. The van der Waals surface area contributed by atoms with Gasteiger partial charge in [-0.25, -0.2) is 4.98 Å². The maximum absolute atomic E-state index is 13.9. The van der Waals surface area contributed by atoms with Crippen LogP contribution in [0.4, 0.5) is 5.69 Å². The number of fused-ring (bicyclic) bond motifs is 1. The first-order valence-electron chi connectivity index (χ1n) is 15.2. The molecule has 0 unspecified atom stereocenters. The number of nitro benzene ring substituents is 1. The second-order valence-electron chi connectivity index (χ2n) is 10.9. The first-order chi connectivity index (χ1) is 22.2. The van der Waals surface area contributed by atoms with E-state index in [9.17, 15) is 14.9 Å². The highest BCUT2D eigenvalue weighted by molar-refractivity contribution is 5.84. The SMILES string of the molecule is CCOc1cc(C)c(-c2nc3ccccc3c(=O)n2N=Cc2cc(OCC)c(OCc3ccccc3)c([N+](=O)[O-])c2)cc1C(C)C. The summed E-state index contributed by atoms with van der Waals surface area (Å²) in [4.78, 5) is 30.4. The third kappa shape index (κ3) is 6.76. The molecule has 5 rings (SSSR count). The highest BCUT2D eigenvalue weighted by atomic mass is 16.6. The number of hydrogen-bond acceptors (Lipinski definition) is 8. The average Bonchev–Trinajstić information content (AvgIpc) is 3.04. The van der Waals surface area contributed by atoms with Crippen LogP contribution in [-0.2, 0) is 6.61 Å². The van der Waals surface area contributed by atoms with Gasteiger partial charge >= 0.3 is 5.69 Å². The van der Waals surface area contributed by atoms with E-state index in [4.69, 9.17) is 19.2 Å². The summed E-state index contributed by atoms with van der Waals surface area (Å²) in [6.45, 7) is 10.7. The number of benzene rings is 4. The molecule has 0 N–H and O–H groups in total. The Kier molecular flexibility index (Phi) is 9.76. The summed E-state index contributed by atoms with van der Waals surface area (Å²) < 4.78 is 18.9. The van der Waals surface area contributed by atoms with E-state index in [1.807, 2.05) is 62.4 Å². The van der Waals surface area contributed by atoms with Crippen molar-refractivity contribution in [3.8, 4) is 28.6 Å². The van der Waals surface area contributed by atoms with Gasteiger partial charge in [-0.1, -0.05) is 56.3 Å². The van der Waals surface area contributed by atoms with Crippen LogP contribution in [0.3, 0.4) is 0 Å². The Morgan fingerprint density at radius 2 is 1.63 bits per heavy atom. The second kappa shape index (κ2) is 14.1. The molecule has 0 amide bonds. The molecule has 0 fully saturated rings. The van der Waals surface area contributed by atoms with Crippen LogP contribution >= 0.6 is 0 Å². The van der Waals surface area contributed by atoms with Crippen molar-refractivity contribution in [1.29, 1.82) is 0 Å². The van der Waals surface area contributed by atoms with E-state index >= 15 is 0 Å². The lowest BCUT2D eigenvalue weighted by Crippen LogP contribution is -2.21. The van der Waals surface area contributed by atoms with E-state index in [2.05, 4.69) is 18.9 Å². The van der Waals surface area contributed by atoms with E-state index < -0.39 is 4.92 Å². The number of aromatic nitrogens is 2. The summed E-state index contributed by atoms with van der Waals surface area (Å²) in [6, 6.07) is 23.3. The fourth-order valence-electron chi connectivity index (χ4n) is 5.16. The third-order valence-electron chi connectivity index (χ3n) is 7.38. The lowest BCUT2D eigenvalue weighted by atomic mass is 9.96. The van der Waals surface area contributed by atoms with E-state index in [1.54, 1.807) is 31.2 Å². The van der Waals surface area contributed by atoms with Gasteiger partial charge in [0.1, 0.15) is 12.4 Å². The van der Waals surface area contributed by atoms with Gasteiger partial charge in [0, 0.05) is 17.2 Å². The molecule has 0 aliphatic carbocycles. The van der Waals surface area contributed by atoms with Crippen LogP contribution in [0.25, 0.3) is 22.3 Å². The van der Waals surface area contributed by atoms with Crippen molar-refractivity contribution in [1.82, 2.24) is 9.66 Å². The summed E-state index contributed by atoms with van der Waals surface area (Å²) in [5.41, 5.74) is 3.62. The van der Waals surface area contributed by atoms with Gasteiger partial charge < -0.3 is 14.2 Å². The van der Waals surface area contributed by atoms with Gasteiger partial charge in [-0.2, -0.15) is 9.78 Å².